The van der Waals surface area contributed by atoms with Crippen molar-refractivity contribution in [3.05, 3.63) is 29.8 Å². The highest BCUT2D eigenvalue weighted by molar-refractivity contribution is 7.89. The second-order valence-corrected chi connectivity index (χ2v) is 8.31. The van der Waals surface area contributed by atoms with Gasteiger partial charge in [0.15, 0.2) is 5.78 Å². The standard InChI is InChI=1S/C17H22N2O5S/c1-13(20)14-3-2-4-16(11-14)25(22,23)19-8-6-18(7-9-19)17(21)15-5-10-24-12-15/h2-4,11,15H,5-10,12H2,1H3. The van der Waals surface area contributed by atoms with Crippen LogP contribution in [0.25, 0.3) is 0 Å². The van der Waals surface area contributed by atoms with Gasteiger partial charge < -0.3 is 9.64 Å². The van der Waals surface area contributed by atoms with E-state index in [1.165, 1.54) is 23.4 Å². The van der Waals surface area contributed by atoms with E-state index in [-0.39, 0.29) is 35.6 Å². The van der Waals surface area contributed by atoms with Crippen molar-refractivity contribution in [3.8, 4) is 0 Å². The van der Waals surface area contributed by atoms with Crippen LogP contribution < -0.4 is 0 Å². The Kier molecular flexibility index (Phi) is 5.21. The fourth-order valence-corrected chi connectivity index (χ4v) is 4.63. The minimum absolute atomic E-state index is 0.0492. The molecule has 0 saturated carbocycles. The van der Waals surface area contributed by atoms with Gasteiger partial charge >= 0.3 is 0 Å². The number of hydrogen-bond acceptors (Lipinski definition) is 5. The summed E-state index contributed by atoms with van der Waals surface area (Å²) in [6.07, 6.45) is 0.731. The average Bonchev–Trinajstić information content (AvgIpc) is 3.16. The van der Waals surface area contributed by atoms with E-state index in [1.54, 1.807) is 17.0 Å². The number of amides is 1. The first-order chi connectivity index (χ1) is 11.9. The van der Waals surface area contributed by atoms with E-state index >= 15 is 0 Å². The molecule has 0 radical (unpaired) electrons. The maximum Gasteiger partial charge on any atom is 0.243 e. The summed E-state index contributed by atoms with van der Waals surface area (Å²) in [5, 5.41) is 0. The molecule has 2 aliphatic rings. The van der Waals surface area contributed by atoms with Gasteiger partial charge in [0, 0.05) is 38.3 Å². The zero-order chi connectivity index (χ0) is 18.0. The number of piperazine rings is 1. The van der Waals surface area contributed by atoms with Gasteiger partial charge in [-0.1, -0.05) is 12.1 Å². The third-order valence-electron chi connectivity index (χ3n) is 4.71. The van der Waals surface area contributed by atoms with Gasteiger partial charge in [0.25, 0.3) is 0 Å². The minimum Gasteiger partial charge on any atom is -0.381 e. The summed E-state index contributed by atoms with van der Waals surface area (Å²) >= 11 is 0. The lowest BCUT2D eigenvalue weighted by Gasteiger charge is -2.35. The lowest BCUT2D eigenvalue weighted by Crippen LogP contribution is -2.51. The van der Waals surface area contributed by atoms with Gasteiger partial charge in [0.1, 0.15) is 0 Å². The van der Waals surface area contributed by atoms with Crippen LogP contribution in [-0.2, 0) is 19.6 Å². The van der Waals surface area contributed by atoms with Gasteiger partial charge in [0.05, 0.1) is 17.4 Å². The first kappa shape index (κ1) is 18.0. The van der Waals surface area contributed by atoms with Crippen LogP contribution in [-0.4, -0.2) is 68.7 Å². The molecule has 1 atom stereocenters. The Bertz CT molecular complexity index is 763. The molecule has 2 aliphatic heterocycles. The quantitative estimate of drug-likeness (QED) is 0.735. The van der Waals surface area contributed by atoms with Crippen LogP contribution in [0.2, 0.25) is 0 Å². The first-order valence-corrected chi connectivity index (χ1v) is 9.81. The average molecular weight is 366 g/mol. The molecule has 7 nitrogen and oxygen atoms in total. The third-order valence-corrected chi connectivity index (χ3v) is 6.60. The molecule has 0 aliphatic carbocycles. The molecule has 1 unspecified atom stereocenters. The second kappa shape index (κ2) is 7.23. The molecule has 0 N–H and O–H groups in total. The van der Waals surface area contributed by atoms with Gasteiger partial charge in [-0.15, -0.1) is 0 Å². The second-order valence-electron chi connectivity index (χ2n) is 6.37. The van der Waals surface area contributed by atoms with Crippen LogP contribution in [0, 0.1) is 5.92 Å². The SMILES string of the molecule is CC(=O)c1cccc(S(=O)(=O)N2CCN(C(=O)C3CCOC3)CC2)c1. The number of Topliss-reactive ketones (excluding diaryl/α,β-unsaturated/α-hetero) is 1. The predicted octanol–water partition coefficient (Wildman–Crippen LogP) is 0.759. The van der Waals surface area contributed by atoms with E-state index in [4.69, 9.17) is 4.74 Å². The summed E-state index contributed by atoms with van der Waals surface area (Å²) in [5.74, 6) is -0.227. The number of ether oxygens (including phenoxy) is 1. The van der Waals surface area contributed by atoms with Crippen molar-refractivity contribution in [3.63, 3.8) is 0 Å². The zero-order valence-corrected chi connectivity index (χ0v) is 15.0. The Morgan fingerprint density at radius 1 is 1.16 bits per heavy atom. The third kappa shape index (κ3) is 3.75. The van der Waals surface area contributed by atoms with E-state index in [0.29, 0.717) is 31.9 Å². The van der Waals surface area contributed by atoms with E-state index in [1.807, 2.05) is 0 Å². The number of sulfonamides is 1. The van der Waals surface area contributed by atoms with E-state index in [9.17, 15) is 18.0 Å². The molecule has 25 heavy (non-hydrogen) atoms. The maximum absolute atomic E-state index is 12.8. The molecular weight excluding hydrogens is 344 g/mol. The summed E-state index contributed by atoms with van der Waals surface area (Å²) in [6, 6.07) is 6.07. The molecule has 2 heterocycles. The molecule has 1 amide bonds. The van der Waals surface area contributed by atoms with Crippen LogP contribution in [0.15, 0.2) is 29.2 Å². The Morgan fingerprint density at radius 2 is 1.88 bits per heavy atom. The Hall–Kier alpha value is -1.77. The van der Waals surface area contributed by atoms with Crippen LogP contribution in [0.3, 0.4) is 0 Å². The van der Waals surface area contributed by atoms with Crippen molar-refractivity contribution >= 4 is 21.7 Å². The Labute approximate surface area is 147 Å². The lowest BCUT2D eigenvalue weighted by atomic mass is 10.1. The van der Waals surface area contributed by atoms with Crippen molar-refractivity contribution in [1.82, 2.24) is 9.21 Å². The molecule has 0 aromatic heterocycles. The van der Waals surface area contributed by atoms with Crippen molar-refractivity contribution < 1.29 is 22.7 Å². The number of ketones is 1. The number of rotatable bonds is 4. The molecule has 2 fully saturated rings. The van der Waals surface area contributed by atoms with Gasteiger partial charge in [-0.25, -0.2) is 8.42 Å². The van der Waals surface area contributed by atoms with Crippen LogP contribution in [0.1, 0.15) is 23.7 Å². The molecular formula is C17H22N2O5S. The van der Waals surface area contributed by atoms with Gasteiger partial charge in [-0.3, -0.25) is 9.59 Å². The highest BCUT2D eigenvalue weighted by Gasteiger charge is 2.33. The fraction of sp³-hybridized carbons (Fsp3) is 0.529. The number of hydrogen-bond donors (Lipinski definition) is 0. The first-order valence-electron chi connectivity index (χ1n) is 8.37. The van der Waals surface area contributed by atoms with E-state index in [2.05, 4.69) is 0 Å². The normalized spacial score (nSPS) is 22.1. The smallest absolute Gasteiger partial charge is 0.243 e. The lowest BCUT2D eigenvalue weighted by molar-refractivity contribution is -0.136. The molecule has 136 valence electrons. The number of carbonyl (C=O) groups excluding carboxylic acids is 2. The Balaban J connectivity index is 1.68. The maximum atomic E-state index is 12.8. The van der Waals surface area contributed by atoms with E-state index < -0.39 is 10.0 Å². The van der Waals surface area contributed by atoms with Crippen LogP contribution in [0.5, 0.6) is 0 Å². The zero-order valence-electron chi connectivity index (χ0n) is 14.2. The highest BCUT2D eigenvalue weighted by Crippen LogP contribution is 2.21. The Morgan fingerprint density at radius 3 is 2.48 bits per heavy atom. The van der Waals surface area contributed by atoms with Gasteiger partial charge in [-0.05, 0) is 25.5 Å². The minimum atomic E-state index is -3.67. The highest BCUT2D eigenvalue weighted by atomic mass is 32.2. The monoisotopic (exact) mass is 366 g/mol. The van der Waals surface area contributed by atoms with Gasteiger partial charge in [0.2, 0.25) is 15.9 Å². The summed E-state index contributed by atoms with van der Waals surface area (Å²) in [5.41, 5.74) is 0.371. The van der Waals surface area contributed by atoms with Crippen molar-refractivity contribution in [2.24, 2.45) is 5.92 Å². The molecule has 1 aromatic rings. The topological polar surface area (TPSA) is 84.0 Å². The number of benzene rings is 1. The molecule has 8 heteroatoms. The van der Waals surface area contributed by atoms with E-state index in [0.717, 1.165) is 6.42 Å². The molecule has 0 bridgehead atoms. The van der Waals surface area contributed by atoms with Crippen LogP contribution in [0.4, 0.5) is 0 Å². The summed E-state index contributed by atoms with van der Waals surface area (Å²) < 4.78 is 32.2. The summed E-state index contributed by atoms with van der Waals surface area (Å²) in [7, 11) is -3.67. The van der Waals surface area contributed by atoms with Gasteiger partial charge in [-0.2, -0.15) is 4.31 Å². The van der Waals surface area contributed by atoms with Crippen LogP contribution >= 0.6 is 0 Å². The van der Waals surface area contributed by atoms with Crippen molar-refractivity contribution in [2.45, 2.75) is 18.2 Å². The fourth-order valence-electron chi connectivity index (χ4n) is 3.16. The summed E-state index contributed by atoms with van der Waals surface area (Å²) in [6.45, 7) is 3.73. The number of carbonyl (C=O) groups is 2. The van der Waals surface area contributed by atoms with Crippen molar-refractivity contribution in [2.75, 3.05) is 39.4 Å². The molecule has 3 rings (SSSR count). The number of nitrogens with zero attached hydrogens (tertiary/aromatic N) is 2. The molecule has 2 saturated heterocycles. The van der Waals surface area contributed by atoms with Crippen molar-refractivity contribution in [1.29, 1.82) is 0 Å². The largest absolute Gasteiger partial charge is 0.381 e. The molecule has 0 spiro atoms. The summed E-state index contributed by atoms with van der Waals surface area (Å²) in [4.78, 5) is 25.7. The molecule has 1 aromatic carbocycles. The predicted molar refractivity (Wildman–Crippen MR) is 90.7 cm³/mol.